The Morgan fingerprint density at radius 1 is 1.42 bits per heavy atom. The van der Waals surface area contributed by atoms with Crippen molar-refractivity contribution < 1.29 is 4.79 Å². The molecule has 1 atom stereocenters. The zero-order chi connectivity index (χ0) is 13.2. The van der Waals surface area contributed by atoms with Crippen molar-refractivity contribution in [1.82, 2.24) is 5.32 Å². The van der Waals surface area contributed by atoms with Gasteiger partial charge >= 0.3 is 0 Å². The highest BCUT2D eigenvalue weighted by molar-refractivity contribution is 5.95. The largest absolute Gasteiger partial charge is 0.313 e. The molecule has 2 aliphatic rings. The number of hydrogen-bond acceptors (Lipinski definition) is 2. The van der Waals surface area contributed by atoms with E-state index in [0.717, 1.165) is 32.4 Å². The molecule has 2 aliphatic heterocycles. The van der Waals surface area contributed by atoms with E-state index < -0.39 is 0 Å². The van der Waals surface area contributed by atoms with Crippen molar-refractivity contribution >= 4 is 11.6 Å². The summed E-state index contributed by atoms with van der Waals surface area (Å²) in [5.74, 6) is 0.287. The Morgan fingerprint density at radius 3 is 3.11 bits per heavy atom. The summed E-state index contributed by atoms with van der Waals surface area (Å²) in [5.41, 5.74) is 3.74. The van der Waals surface area contributed by atoms with Gasteiger partial charge in [-0.15, -0.1) is 0 Å². The Hall–Kier alpha value is -1.35. The van der Waals surface area contributed by atoms with Crippen LogP contribution < -0.4 is 10.2 Å². The quantitative estimate of drug-likeness (QED) is 0.883. The summed E-state index contributed by atoms with van der Waals surface area (Å²) < 4.78 is 0. The minimum Gasteiger partial charge on any atom is -0.313 e. The normalized spacial score (nSPS) is 22.4. The molecule has 3 nitrogen and oxygen atoms in total. The molecule has 0 aromatic heterocycles. The molecule has 1 unspecified atom stereocenters. The number of nitrogens with zero attached hydrogens (tertiary/aromatic N) is 1. The van der Waals surface area contributed by atoms with E-state index in [-0.39, 0.29) is 5.91 Å². The SMILES string of the molecule is Cc1cccc2c1N(C(=O)CC1CCCN1)CCC2. The lowest BCUT2D eigenvalue weighted by Crippen LogP contribution is -2.39. The minimum absolute atomic E-state index is 0.287. The van der Waals surface area contributed by atoms with Crippen LogP contribution in [0.2, 0.25) is 0 Å². The van der Waals surface area contributed by atoms with Gasteiger partial charge in [-0.05, 0) is 50.3 Å². The van der Waals surface area contributed by atoms with Crippen LogP contribution in [-0.4, -0.2) is 25.0 Å². The number of nitrogens with one attached hydrogen (secondary N) is 1. The van der Waals surface area contributed by atoms with Gasteiger partial charge in [-0.2, -0.15) is 0 Å². The summed E-state index contributed by atoms with van der Waals surface area (Å²) in [5, 5.41) is 3.42. The molecular formula is C16H22N2O. The Morgan fingerprint density at radius 2 is 2.32 bits per heavy atom. The lowest BCUT2D eigenvalue weighted by Gasteiger charge is -2.31. The second-order valence-electron chi connectivity index (χ2n) is 5.73. The summed E-state index contributed by atoms with van der Waals surface area (Å²) in [6.45, 7) is 4.05. The van der Waals surface area contributed by atoms with Crippen LogP contribution >= 0.6 is 0 Å². The van der Waals surface area contributed by atoms with Gasteiger partial charge in [0.05, 0.1) is 0 Å². The van der Waals surface area contributed by atoms with Crippen molar-refractivity contribution in [3.8, 4) is 0 Å². The third-order valence-electron chi connectivity index (χ3n) is 4.30. The highest BCUT2D eigenvalue weighted by atomic mass is 16.2. The molecule has 3 heteroatoms. The monoisotopic (exact) mass is 258 g/mol. The molecule has 102 valence electrons. The summed E-state index contributed by atoms with van der Waals surface area (Å²) in [6.07, 6.45) is 5.17. The number of para-hydroxylation sites is 1. The van der Waals surface area contributed by atoms with Crippen LogP contribution in [0.25, 0.3) is 0 Å². The highest BCUT2D eigenvalue weighted by Crippen LogP contribution is 2.31. The fourth-order valence-corrected chi connectivity index (χ4v) is 3.35. The standard InChI is InChI=1S/C16H22N2O/c1-12-5-2-6-13-7-4-10-18(16(12)13)15(19)11-14-8-3-9-17-14/h2,5-6,14,17H,3-4,7-11H2,1H3. The molecule has 0 radical (unpaired) electrons. The Bertz CT molecular complexity index is 478. The Balaban J connectivity index is 1.80. The second kappa shape index (κ2) is 5.33. The number of anilines is 1. The van der Waals surface area contributed by atoms with Crippen molar-refractivity contribution in [1.29, 1.82) is 0 Å². The molecule has 0 saturated carbocycles. The first-order valence-corrected chi connectivity index (χ1v) is 7.38. The first-order chi connectivity index (χ1) is 9.25. The van der Waals surface area contributed by atoms with Crippen LogP contribution in [0.4, 0.5) is 5.69 Å². The first-order valence-electron chi connectivity index (χ1n) is 7.38. The summed E-state index contributed by atoms with van der Waals surface area (Å²) in [6, 6.07) is 6.76. The van der Waals surface area contributed by atoms with Crippen LogP contribution in [-0.2, 0) is 11.2 Å². The van der Waals surface area contributed by atoms with Crippen molar-refractivity contribution in [2.45, 2.75) is 45.1 Å². The van der Waals surface area contributed by atoms with Crippen molar-refractivity contribution in [3.05, 3.63) is 29.3 Å². The van der Waals surface area contributed by atoms with Crippen molar-refractivity contribution in [3.63, 3.8) is 0 Å². The highest BCUT2D eigenvalue weighted by Gasteiger charge is 2.26. The zero-order valence-corrected chi connectivity index (χ0v) is 11.6. The summed E-state index contributed by atoms with van der Waals surface area (Å²) in [4.78, 5) is 14.6. The first kappa shape index (κ1) is 12.7. The van der Waals surface area contributed by atoms with Crippen molar-refractivity contribution in [2.75, 3.05) is 18.0 Å². The van der Waals surface area contributed by atoms with E-state index in [1.165, 1.54) is 23.2 Å². The molecule has 0 spiro atoms. The number of carbonyl (C=O) groups excluding carboxylic acids is 1. The van der Waals surface area contributed by atoms with Gasteiger partial charge in [0.25, 0.3) is 0 Å². The van der Waals surface area contributed by atoms with Gasteiger partial charge < -0.3 is 10.2 Å². The van der Waals surface area contributed by atoms with Crippen LogP contribution in [0, 0.1) is 6.92 Å². The van der Waals surface area contributed by atoms with Gasteiger partial charge in [0.2, 0.25) is 5.91 Å². The predicted molar refractivity (Wildman–Crippen MR) is 77.5 cm³/mol. The third-order valence-corrected chi connectivity index (χ3v) is 4.30. The van der Waals surface area contributed by atoms with Gasteiger partial charge in [0.1, 0.15) is 0 Å². The van der Waals surface area contributed by atoms with Crippen LogP contribution in [0.3, 0.4) is 0 Å². The molecule has 19 heavy (non-hydrogen) atoms. The average molecular weight is 258 g/mol. The van der Waals surface area contributed by atoms with E-state index in [9.17, 15) is 4.79 Å². The van der Waals surface area contributed by atoms with Gasteiger partial charge in [-0.25, -0.2) is 0 Å². The van der Waals surface area contributed by atoms with Crippen LogP contribution in [0.1, 0.15) is 36.8 Å². The number of carbonyl (C=O) groups is 1. The molecule has 3 rings (SSSR count). The molecule has 1 aromatic rings. The smallest absolute Gasteiger partial charge is 0.228 e. The number of hydrogen-bond donors (Lipinski definition) is 1. The number of fused-ring (bicyclic) bond motifs is 1. The second-order valence-corrected chi connectivity index (χ2v) is 5.73. The fraction of sp³-hybridized carbons (Fsp3) is 0.562. The number of benzene rings is 1. The number of aryl methyl sites for hydroxylation is 2. The van der Waals surface area contributed by atoms with Gasteiger partial charge in [-0.1, -0.05) is 18.2 Å². The average Bonchev–Trinajstić information content (AvgIpc) is 2.91. The Kier molecular flexibility index (Phi) is 3.56. The molecule has 2 heterocycles. The molecule has 1 aromatic carbocycles. The summed E-state index contributed by atoms with van der Waals surface area (Å²) >= 11 is 0. The van der Waals surface area contributed by atoms with E-state index in [0.29, 0.717) is 12.5 Å². The van der Waals surface area contributed by atoms with E-state index in [1.807, 2.05) is 4.90 Å². The zero-order valence-electron chi connectivity index (χ0n) is 11.6. The minimum atomic E-state index is 0.287. The van der Waals surface area contributed by atoms with Crippen LogP contribution in [0.15, 0.2) is 18.2 Å². The van der Waals surface area contributed by atoms with Crippen LogP contribution in [0.5, 0.6) is 0 Å². The molecule has 0 aliphatic carbocycles. The maximum Gasteiger partial charge on any atom is 0.228 e. The molecule has 1 amide bonds. The van der Waals surface area contributed by atoms with Gasteiger partial charge in [0.15, 0.2) is 0 Å². The van der Waals surface area contributed by atoms with Gasteiger partial charge in [-0.3, -0.25) is 4.79 Å². The fourth-order valence-electron chi connectivity index (χ4n) is 3.35. The summed E-state index contributed by atoms with van der Waals surface area (Å²) in [7, 11) is 0. The van der Waals surface area contributed by atoms with E-state index in [1.54, 1.807) is 0 Å². The number of amides is 1. The lowest BCUT2D eigenvalue weighted by molar-refractivity contribution is -0.119. The molecular weight excluding hydrogens is 236 g/mol. The topological polar surface area (TPSA) is 32.3 Å². The Labute approximate surface area is 115 Å². The van der Waals surface area contributed by atoms with Gasteiger partial charge in [0, 0.05) is 24.7 Å². The molecule has 1 saturated heterocycles. The maximum absolute atomic E-state index is 12.6. The molecule has 1 fully saturated rings. The van der Waals surface area contributed by atoms with E-state index in [4.69, 9.17) is 0 Å². The predicted octanol–water partition coefficient (Wildman–Crippen LogP) is 2.42. The molecule has 0 bridgehead atoms. The van der Waals surface area contributed by atoms with E-state index >= 15 is 0 Å². The van der Waals surface area contributed by atoms with E-state index in [2.05, 4.69) is 30.4 Å². The lowest BCUT2D eigenvalue weighted by atomic mass is 9.97. The molecule has 1 N–H and O–H groups in total. The third kappa shape index (κ3) is 2.52. The number of rotatable bonds is 2. The van der Waals surface area contributed by atoms with Crippen molar-refractivity contribution in [2.24, 2.45) is 0 Å². The maximum atomic E-state index is 12.6.